The Morgan fingerprint density at radius 2 is 2.31 bits per heavy atom. The van der Waals surface area contributed by atoms with Crippen LogP contribution in [0.15, 0.2) is 24.5 Å². The van der Waals surface area contributed by atoms with Crippen LogP contribution in [-0.4, -0.2) is 24.0 Å². The van der Waals surface area contributed by atoms with Crippen LogP contribution in [-0.2, 0) is 14.3 Å². The van der Waals surface area contributed by atoms with Crippen molar-refractivity contribution in [1.82, 2.24) is 10.3 Å². The zero-order valence-electron chi connectivity index (χ0n) is 9.27. The van der Waals surface area contributed by atoms with E-state index in [0.29, 0.717) is 0 Å². The summed E-state index contributed by atoms with van der Waals surface area (Å²) in [5.41, 5.74) is 0.781. The van der Waals surface area contributed by atoms with Crippen molar-refractivity contribution >= 4 is 11.9 Å². The number of esters is 1. The number of carbonyl (C=O) groups excluding carboxylic acids is 2. The number of nitrogens with one attached hydrogen (secondary N) is 1. The Bertz CT molecular complexity index is 365. The van der Waals surface area contributed by atoms with Gasteiger partial charge in [0.05, 0.1) is 19.6 Å². The first-order chi connectivity index (χ1) is 7.63. The van der Waals surface area contributed by atoms with E-state index in [1.54, 1.807) is 24.5 Å². The van der Waals surface area contributed by atoms with Gasteiger partial charge in [-0.2, -0.15) is 0 Å². The van der Waals surface area contributed by atoms with Gasteiger partial charge in [-0.1, -0.05) is 6.07 Å². The van der Waals surface area contributed by atoms with Crippen molar-refractivity contribution < 1.29 is 14.3 Å². The SMILES string of the molecule is COC(=O)C[C@H](NC(C)=O)c1cccnc1. The van der Waals surface area contributed by atoms with Crippen LogP contribution in [0.3, 0.4) is 0 Å². The van der Waals surface area contributed by atoms with Gasteiger partial charge in [0.15, 0.2) is 0 Å². The maximum Gasteiger partial charge on any atom is 0.307 e. The second-order valence-corrected chi connectivity index (χ2v) is 3.32. The molecule has 16 heavy (non-hydrogen) atoms. The Morgan fingerprint density at radius 3 is 2.81 bits per heavy atom. The maximum atomic E-state index is 11.2. The minimum atomic E-state index is -0.390. The van der Waals surface area contributed by atoms with Gasteiger partial charge in [0.1, 0.15) is 0 Å². The molecule has 0 unspecified atom stereocenters. The minimum Gasteiger partial charge on any atom is -0.469 e. The number of hydrogen-bond donors (Lipinski definition) is 1. The van der Waals surface area contributed by atoms with E-state index in [1.807, 2.05) is 0 Å². The zero-order valence-corrected chi connectivity index (χ0v) is 9.27. The van der Waals surface area contributed by atoms with Crippen LogP contribution in [0.4, 0.5) is 0 Å². The number of nitrogens with zero attached hydrogens (tertiary/aromatic N) is 1. The van der Waals surface area contributed by atoms with Crippen molar-refractivity contribution in [3.8, 4) is 0 Å². The average molecular weight is 222 g/mol. The topological polar surface area (TPSA) is 68.3 Å². The highest BCUT2D eigenvalue weighted by molar-refractivity contribution is 5.75. The third-order valence-corrected chi connectivity index (χ3v) is 2.06. The van der Waals surface area contributed by atoms with Gasteiger partial charge in [-0.3, -0.25) is 14.6 Å². The standard InChI is InChI=1S/C11H14N2O3/c1-8(14)13-10(6-11(15)16-2)9-4-3-5-12-7-9/h3-5,7,10H,6H2,1-2H3,(H,13,14)/t10-/m0/s1. The summed E-state index contributed by atoms with van der Waals surface area (Å²) in [6.07, 6.45) is 3.35. The molecule has 0 aliphatic heterocycles. The zero-order chi connectivity index (χ0) is 12.0. The second-order valence-electron chi connectivity index (χ2n) is 3.32. The molecule has 0 bridgehead atoms. The van der Waals surface area contributed by atoms with E-state index in [4.69, 9.17) is 0 Å². The molecule has 0 aliphatic carbocycles. The van der Waals surface area contributed by atoms with Gasteiger partial charge < -0.3 is 10.1 Å². The highest BCUT2D eigenvalue weighted by Gasteiger charge is 2.17. The van der Waals surface area contributed by atoms with Crippen molar-refractivity contribution in [2.75, 3.05) is 7.11 Å². The van der Waals surface area contributed by atoms with Crippen LogP contribution >= 0.6 is 0 Å². The number of amides is 1. The van der Waals surface area contributed by atoms with Crippen molar-refractivity contribution in [1.29, 1.82) is 0 Å². The molecule has 0 aliphatic rings. The predicted octanol–water partition coefficient (Wildman–Crippen LogP) is 0.822. The van der Waals surface area contributed by atoms with Gasteiger partial charge in [-0.05, 0) is 11.6 Å². The number of methoxy groups -OCH3 is 1. The van der Waals surface area contributed by atoms with Gasteiger partial charge in [-0.25, -0.2) is 0 Å². The van der Waals surface area contributed by atoms with Crippen molar-refractivity contribution in [3.63, 3.8) is 0 Å². The van der Waals surface area contributed by atoms with Crippen LogP contribution in [0, 0.1) is 0 Å². The number of hydrogen-bond acceptors (Lipinski definition) is 4. The molecule has 1 N–H and O–H groups in total. The van der Waals surface area contributed by atoms with Gasteiger partial charge in [0.2, 0.25) is 5.91 Å². The summed E-state index contributed by atoms with van der Waals surface area (Å²) in [7, 11) is 1.32. The van der Waals surface area contributed by atoms with Crippen LogP contribution in [0.2, 0.25) is 0 Å². The number of aromatic nitrogens is 1. The molecule has 1 heterocycles. The Morgan fingerprint density at radius 1 is 1.56 bits per heavy atom. The molecule has 1 atom stereocenters. The lowest BCUT2D eigenvalue weighted by Crippen LogP contribution is -2.28. The number of carbonyl (C=O) groups is 2. The molecule has 0 spiro atoms. The summed E-state index contributed by atoms with van der Waals surface area (Å²) in [5.74, 6) is -0.569. The van der Waals surface area contributed by atoms with E-state index < -0.39 is 6.04 Å². The average Bonchev–Trinajstić information content (AvgIpc) is 2.28. The smallest absolute Gasteiger partial charge is 0.307 e. The first kappa shape index (κ1) is 12.2. The molecule has 1 rings (SSSR count). The number of ether oxygens (including phenoxy) is 1. The van der Waals surface area contributed by atoms with Crippen LogP contribution in [0.5, 0.6) is 0 Å². The van der Waals surface area contributed by atoms with Gasteiger partial charge >= 0.3 is 5.97 Å². The normalized spacial score (nSPS) is 11.6. The lowest BCUT2D eigenvalue weighted by atomic mass is 10.1. The fraction of sp³-hybridized carbons (Fsp3) is 0.364. The highest BCUT2D eigenvalue weighted by Crippen LogP contribution is 2.15. The Hall–Kier alpha value is -1.91. The lowest BCUT2D eigenvalue weighted by molar-refractivity contribution is -0.141. The summed E-state index contributed by atoms with van der Waals surface area (Å²) in [6.45, 7) is 1.40. The molecule has 0 aromatic carbocycles. The molecule has 1 amide bonds. The molecule has 5 nitrogen and oxygen atoms in total. The van der Waals surface area contributed by atoms with Gasteiger partial charge in [0, 0.05) is 19.3 Å². The summed E-state index contributed by atoms with van der Waals surface area (Å²) < 4.78 is 4.57. The second kappa shape index (κ2) is 5.85. The third kappa shape index (κ3) is 3.68. The Labute approximate surface area is 93.8 Å². The highest BCUT2D eigenvalue weighted by atomic mass is 16.5. The fourth-order valence-corrected chi connectivity index (χ4v) is 1.33. The molecular weight excluding hydrogens is 208 g/mol. The van der Waals surface area contributed by atoms with E-state index in [-0.39, 0.29) is 18.3 Å². The third-order valence-electron chi connectivity index (χ3n) is 2.06. The summed E-state index contributed by atoms with van der Waals surface area (Å²) in [6, 6.07) is 3.16. The molecule has 0 saturated heterocycles. The number of rotatable bonds is 4. The first-order valence-electron chi connectivity index (χ1n) is 4.87. The monoisotopic (exact) mass is 222 g/mol. The Kier molecular flexibility index (Phi) is 4.44. The molecular formula is C11H14N2O3. The summed E-state index contributed by atoms with van der Waals surface area (Å²) in [5, 5.41) is 2.68. The Balaban J connectivity index is 2.79. The van der Waals surface area contributed by atoms with Crippen molar-refractivity contribution in [2.24, 2.45) is 0 Å². The van der Waals surface area contributed by atoms with E-state index in [2.05, 4.69) is 15.0 Å². The molecule has 0 saturated carbocycles. The minimum absolute atomic E-state index is 0.0990. The van der Waals surface area contributed by atoms with E-state index >= 15 is 0 Å². The molecule has 1 aromatic rings. The van der Waals surface area contributed by atoms with Crippen LogP contribution in [0.1, 0.15) is 24.9 Å². The molecule has 0 fully saturated rings. The molecule has 86 valence electrons. The van der Waals surface area contributed by atoms with Crippen LogP contribution in [0.25, 0.3) is 0 Å². The van der Waals surface area contributed by atoms with Crippen molar-refractivity contribution in [2.45, 2.75) is 19.4 Å². The van der Waals surface area contributed by atoms with Gasteiger partial charge in [-0.15, -0.1) is 0 Å². The lowest BCUT2D eigenvalue weighted by Gasteiger charge is -2.16. The number of pyridine rings is 1. The predicted molar refractivity (Wildman–Crippen MR) is 57.4 cm³/mol. The van der Waals surface area contributed by atoms with Crippen LogP contribution < -0.4 is 5.32 Å². The molecule has 0 radical (unpaired) electrons. The van der Waals surface area contributed by atoms with Gasteiger partial charge in [0.25, 0.3) is 0 Å². The molecule has 5 heteroatoms. The largest absolute Gasteiger partial charge is 0.469 e. The summed E-state index contributed by atoms with van der Waals surface area (Å²) >= 11 is 0. The fourth-order valence-electron chi connectivity index (χ4n) is 1.33. The van der Waals surface area contributed by atoms with Crippen molar-refractivity contribution in [3.05, 3.63) is 30.1 Å². The van der Waals surface area contributed by atoms with E-state index in [9.17, 15) is 9.59 Å². The first-order valence-corrected chi connectivity index (χ1v) is 4.87. The maximum absolute atomic E-state index is 11.2. The quantitative estimate of drug-likeness (QED) is 0.766. The van der Waals surface area contributed by atoms with E-state index in [0.717, 1.165) is 5.56 Å². The summed E-state index contributed by atoms with van der Waals surface area (Å²) in [4.78, 5) is 26.1. The molecule has 1 aromatic heterocycles. The van der Waals surface area contributed by atoms with E-state index in [1.165, 1.54) is 14.0 Å².